The molecule has 3 rings (SSSR count). The molecule has 0 bridgehead atoms. The molecule has 19 heavy (non-hydrogen) atoms. The van der Waals surface area contributed by atoms with Crippen LogP contribution < -0.4 is 11.3 Å². The highest BCUT2D eigenvalue weighted by Gasteiger charge is 2.15. The number of aromatic nitrogens is 5. The Balaban J connectivity index is 2.24. The first-order valence-electron chi connectivity index (χ1n) is 5.36. The lowest BCUT2D eigenvalue weighted by Crippen LogP contribution is -2.08. The highest BCUT2D eigenvalue weighted by atomic mass is 32.2. The Hall–Kier alpha value is -2.13. The van der Waals surface area contributed by atoms with Gasteiger partial charge in [-0.2, -0.15) is 5.10 Å². The third-order valence-corrected chi connectivity index (χ3v) is 3.19. The van der Waals surface area contributed by atoms with Gasteiger partial charge in [-0.15, -0.1) is 3.89 Å². The van der Waals surface area contributed by atoms with Crippen molar-refractivity contribution < 1.29 is 3.89 Å². The molecule has 0 saturated heterocycles. The van der Waals surface area contributed by atoms with Crippen LogP contribution in [0.5, 0.6) is 0 Å². The molecule has 0 radical (unpaired) electrons. The van der Waals surface area contributed by atoms with Gasteiger partial charge >= 0.3 is 0 Å². The fourth-order valence-corrected chi connectivity index (χ4v) is 2.28. The van der Waals surface area contributed by atoms with Gasteiger partial charge < -0.3 is 5.43 Å². The van der Waals surface area contributed by atoms with Gasteiger partial charge in [0.2, 0.25) is 0 Å². The largest absolute Gasteiger partial charge is 0.307 e. The van der Waals surface area contributed by atoms with E-state index in [1.54, 1.807) is 30.2 Å². The van der Waals surface area contributed by atoms with Crippen LogP contribution >= 0.6 is 12.3 Å². The molecule has 0 saturated carbocycles. The number of nitrogens with zero attached hydrogens (tertiary/aromatic N) is 5. The molecule has 0 aromatic carbocycles. The molecule has 3 aromatic heterocycles. The number of nitrogens with two attached hydrogens (primary N) is 1. The fourth-order valence-electron chi connectivity index (χ4n) is 1.85. The van der Waals surface area contributed by atoms with Crippen LogP contribution in [0.15, 0.2) is 24.7 Å². The maximum Gasteiger partial charge on any atom is 0.171 e. The van der Waals surface area contributed by atoms with Crippen LogP contribution in [-0.4, -0.2) is 23.7 Å². The van der Waals surface area contributed by atoms with Crippen LogP contribution in [0.4, 0.5) is 9.70 Å². The first-order chi connectivity index (χ1) is 9.22. The van der Waals surface area contributed by atoms with Crippen LogP contribution in [0.25, 0.3) is 22.4 Å². The second-order valence-electron chi connectivity index (χ2n) is 3.90. The smallest absolute Gasteiger partial charge is 0.171 e. The molecule has 7 nitrogen and oxygen atoms in total. The number of hydrazine groups is 1. The minimum absolute atomic E-state index is 0.0746. The van der Waals surface area contributed by atoms with Gasteiger partial charge in [-0.1, -0.05) is 0 Å². The lowest BCUT2D eigenvalue weighted by Gasteiger charge is -2.01. The summed E-state index contributed by atoms with van der Waals surface area (Å²) in [7, 11) is 1.80. The number of nitrogens with one attached hydrogen (secondary N) is 1. The summed E-state index contributed by atoms with van der Waals surface area (Å²) >= 11 is 0.0746. The van der Waals surface area contributed by atoms with Crippen molar-refractivity contribution in [3.05, 3.63) is 24.7 Å². The minimum atomic E-state index is 0.0746. The summed E-state index contributed by atoms with van der Waals surface area (Å²) in [5, 5.41) is 4.07. The lowest BCUT2D eigenvalue weighted by molar-refractivity contribution is 0.768. The molecule has 0 aliphatic heterocycles. The first-order valence-corrected chi connectivity index (χ1v) is 6.03. The van der Waals surface area contributed by atoms with Gasteiger partial charge in [0.25, 0.3) is 0 Å². The van der Waals surface area contributed by atoms with Gasteiger partial charge in [0.15, 0.2) is 23.8 Å². The Morgan fingerprint density at radius 1 is 1.42 bits per heavy atom. The molecule has 0 fully saturated rings. The normalized spacial score (nSPS) is 11.1. The molecule has 0 atom stereocenters. The third-order valence-electron chi connectivity index (χ3n) is 2.68. The van der Waals surface area contributed by atoms with Crippen LogP contribution in [0.1, 0.15) is 0 Å². The molecule has 3 heterocycles. The zero-order valence-electron chi connectivity index (χ0n) is 9.91. The molecule has 3 aromatic rings. The van der Waals surface area contributed by atoms with Crippen molar-refractivity contribution in [2.45, 2.75) is 0 Å². The lowest BCUT2D eigenvalue weighted by atomic mass is 10.2. The summed E-state index contributed by atoms with van der Waals surface area (Å²) < 4.78 is 16.2. The topological polar surface area (TPSA) is 86.6 Å². The summed E-state index contributed by atoms with van der Waals surface area (Å²) in [6.45, 7) is 0. The minimum Gasteiger partial charge on any atom is -0.307 e. The van der Waals surface area contributed by atoms with E-state index in [4.69, 9.17) is 5.84 Å². The van der Waals surface area contributed by atoms with E-state index in [1.807, 2.05) is 0 Å². The van der Waals surface area contributed by atoms with Gasteiger partial charge in [-0.25, -0.2) is 19.8 Å². The fraction of sp³-hybridized carbons (Fsp3) is 0.100. The summed E-state index contributed by atoms with van der Waals surface area (Å²) in [5.41, 5.74) is 4.83. The number of aryl methyl sites for hydroxylation is 1. The van der Waals surface area contributed by atoms with Crippen LogP contribution in [0, 0.1) is 0 Å². The van der Waals surface area contributed by atoms with Crippen molar-refractivity contribution in [1.82, 2.24) is 23.7 Å². The number of nitrogen functional groups attached to an aromatic ring is 1. The predicted octanol–water partition coefficient (Wildman–Crippen LogP) is 1.50. The number of anilines is 1. The second kappa shape index (κ2) is 4.52. The van der Waals surface area contributed by atoms with E-state index < -0.39 is 0 Å². The van der Waals surface area contributed by atoms with E-state index in [-0.39, 0.29) is 12.3 Å². The second-order valence-corrected chi connectivity index (χ2v) is 4.41. The van der Waals surface area contributed by atoms with E-state index in [0.29, 0.717) is 22.7 Å². The maximum atomic E-state index is 13.2. The Kier molecular flexibility index (Phi) is 2.84. The molecule has 3 N–H and O–H groups in total. The number of rotatable bonds is 3. The number of fused-ring (bicyclic) bond motifs is 1. The van der Waals surface area contributed by atoms with Gasteiger partial charge in [0.1, 0.15) is 5.52 Å². The van der Waals surface area contributed by atoms with Crippen molar-refractivity contribution in [2.75, 3.05) is 5.43 Å². The molecule has 98 valence electrons. The van der Waals surface area contributed by atoms with Gasteiger partial charge in [-0.3, -0.25) is 4.68 Å². The van der Waals surface area contributed by atoms with Crippen molar-refractivity contribution >= 4 is 29.3 Å². The molecule has 0 amide bonds. The summed E-state index contributed by atoms with van der Waals surface area (Å²) in [5.74, 6) is 5.70. The standard InChI is InChI=1S/C10H10FN7S/c1-17-5-6(3-14-17)8-2-7-10(18(8)19-11)13-4-9(15-7)16-12/h2-5H,12H2,1H3,(H,15,16). The molecular formula is C10H10FN7S. The Morgan fingerprint density at radius 2 is 2.26 bits per heavy atom. The highest BCUT2D eigenvalue weighted by Crippen LogP contribution is 2.30. The Bertz CT molecular complexity index is 735. The SMILES string of the molecule is Cn1cc(-c2cc3nc(NN)cnc3n2SF)cn1. The van der Waals surface area contributed by atoms with Crippen LogP contribution in [0.2, 0.25) is 0 Å². The predicted molar refractivity (Wildman–Crippen MR) is 71.6 cm³/mol. The Morgan fingerprint density at radius 3 is 2.89 bits per heavy atom. The highest BCUT2D eigenvalue weighted by molar-refractivity contribution is 7.93. The van der Waals surface area contributed by atoms with Gasteiger partial charge in [0.05, 0.1) is 18.1 Å². The van der Waals surface area contributed by atoms with Crippen molar-refractivity contribution in [3.63, 3.8) is 0 Å². The number of halogens is 1. The summed E-state index contributed by atoms with van der Waals surface area (Å²) in [6, 6.07) is 1.74. The maximum absolute atomic E-state index is 13.2. The van der Waals surface area contributed by atoms with Crippen molar-refractivity contribution in [2.24, 2.45) is 12.9 Å². The van der Waals surface area contributed by atoms with Crippen LogP contribution in [0.3, 0.4) is 0 Å². The Labute approximate surface area is 112 Å². The average molecular weight is 279 g/mol. The molecule has 0 unspecified atom stereocenters. The third kappa shape index (κ3) is 1.92. The molecule has 0 spiro atoms. The van der Waals surface area contributed by atoms with Crippen LogP contribution in [-0.2, 0) is 7.05 Å². The van der Waals surface area contributed by atoms with E-state index in [0.717, 1.165) is 5.56 Å². The van der Waals surface area contributed by atoms with Crippen molar-refractivity contribution in [3.8, 4) is 11.3 Å². The summed E-state index contributed by atoms with van der Waals surface area (Å²) in [6.07, 6.45) is 4.90. The number of hydrogen-bond acceptors (Lipinski definition) is 6. The van der Waals surface area contributed by atoms with Crippen molar-refractivity contribution in [1.29, 1.82) is 0 Å². The number of hydrogen-bond donors (Lipinski definition) is 2. The average Bonchev–Trinajstić information content (AvgIpc) is 3.00. The zero-order chi connectivity index (χ0) is 13.4. The molecule has 9 heteroatoms. The van der Waals surface area contributed by atoms with E-state index in [1.165, 1.54) is 10.2 Å². The quantitative estimate of drug-likeness (QED) is 0.558. The van der Waals surface area contributed by atoms with E-state index >= 15 is 0 Å². The zero-order valence-corrected chi connectivity index (χ0v) is 10.7. The molecule has 0 aliphatic rings. The summed E-state index contributed by atoms with van der Waals surface area (Å²) in [4.78, 5) is 8.37. The first kappa shape index (κ1) is 11.9. The molecule has 0 aliphatic carbocycles. The molecular weight excluding hydrogens is 269 g/mol. The monoisotopic (exact) mass is 279 g/mol. The van der Waals surface area contributed by atoms with E-state index in [2.05, 4.69) is 20.5 Å². The van der Waals surface area contributed by atoms with E-state index in [9.17, 15) is 3.89 Å². The van der Waals surface area contributed by atoms with Gasteiger partial charge in [0, 0.05) is 18.8 Å². The van der Waals surface area contributed by atoms with Gasteiger partial charge in [-0.05, 0) is 6.07 Å².